The first kappa shape index (κ1) is 15.2. The Kier molecular flexibility index (Phi) is 4.64. The smallest absolute Gasteiger partial charge is 0.274 e. The molecule has 20 heavy (non-hydrogen) atoms. The molecule has 0 aliphatic heterocycles. The van der Waals surface area contributed by atoms with E-state index in [0.29, 0.717) is 12.2 Å². The van der Waals surface area contributed by atoms with Gasteiger partial charge >= 0.3 is 0 Å². The minimum absolute atomic E-state index is 0.0906. The summed E-state index contributed by atoms with van der Waals surface area (Å²) >= 11 is 1.67. The van der Waals surface area contributed by atoms with Crippen LogP contribution in [0, 0.1) is 6.92 Å². The molecule has 0 saturated heterocycles. The number of hydrogen-bond acceptors (Lipinski definition) is 5. The van der Waals surface area contributed by atoms with Crippen molar-refractivity contribution in [3.8, 4) is 0 Å². The molecule has 2 aromatic heterocycles. The molecule has 0 aliphatic carbocycles. The van der Waals surface area contributed by atoms with E-state index >= 15 is 0 Å². The second-order valence-corrected chi connectivity index (χ2v) is 7.68. The summed E-state index contributed by atoms with van der Waals surface area (Å²) in [5.74, 6) is 0.451. The van der Waals surface area contributed by atoms with Crippen molar-refractivity contribution in [3.05, 3.63) is 39.8 Å². The minimum Gasteiger partial charge on any atom is -0.447 e. The molecule has 2 heterocycles. The third kappa shape index (κ3) is 3.69. The fourth-order valence-corrected chi connectivity index (χ4v) is 4.09. The lowest BCUT2D eigenvalue weighted by Gasteiger charge is -2.11. The molecule has 5 nitrogen and oxygen atoms in total. The third-order valence-corrected chi connectivity index (χ3v) is 5.25. The molecular weight excluding hydrogens is 296 g/mol. The number of nitrogens with one attached hydrogen (secondary N) is 1. The summed E-state index contributed by atoms with van der Waals surface area (Å²) in [6, 6.07) is 6.84. The molecule has 0 amide bonds. The minimum atomic E-state index is -3.63. The highest BCUT2D eigenvalue weighted by Gasteiger charge is 2.21. The molecule has 2 aromatic rings. The molecule has 0 spiro atoms. The molecule has 3 N–H and O–H groups in total. The van der Waals surface area contributed by atoms with Gasteiger partial charge in [0.15, 0.2) is 0 Å². The van der Waals surface area contributed by atoms with Gasteiger partial charge in [-0.25, -0.2) is 13.1 Å². The summed E-state index contributed by atoms with van der Waals surface area (Å²) in [5.41, 5.74) is 5.40. The Balaban J connectivity index is 2.04. The summed E-state index contributed by atoms with van der Waals surface area (Å²) in [7, 11) is -3.63. The van der Waals surface area contributed by atoms with E-state index < -0.39 is 10.0 Å². The molecule has 0 saturated carbocycles. The third-order valence-electron chi connectivity index (χ3n) is 2.76. The van der Waals surface area contributed by atoms with Gasteiger partial charge in [-0.3, -0.25) is 0 Å². The van der Waals surface area contributed by atoms with Crippen LogP contribution in [-0.2, 0) is 23.0 Å². The number of sulfonamides is 1. The zero-order valence-corrected chi connectivity index (χ0v) is 13.1. The van der Waals surface area contributed by atoms with Crippen LogP contribution in [0.4, 0.5) is 0 Å². The summed E-state index contributed by atoms with van der Waals surface area (Å²) in [4.78, 5) is 2.37. The van der Waals surface area contributed by atoms with Crippen molar-refractivity contribution in [1.82, 2.24) is 4.72 Å². The first-order valence-corrected chi connectivity index (χ1v) is 8.57. The van der Waals surface area contributed by atoms with Crippen LogP contribution in [0.3, 0.4) is 0 Å². The molecular formula is C13H18N2O3S2. The number of thiophene rings is 1. The van der Waals surface area contributed by atoms with Crippen LogP contribution in [0.15, 0.2) is 33.8 Å². The van der Waals surface area contributed by atoms with Crippen molar-refractivity contribution >= 4 is 21.4 Å². The molecule has 0 bridgehead atoms. The zero-order valence-electron chi connectivity index (χ0n) is 11.4. The Morgan fingerprint density at radius 1 is 1.35 bits per heavy atom. The fraction of sp³-hybridized carbons (Fsp3) is 0.385. The Hall–Kier alpha value is -1.15. The van der Waals surface area contributed by atoms with Gasteiger partial charge in [0, 0.05) is 15.8 Å². The lowest BCUT2D eigenvalue weighted by molar-refractivity contribution is 0.410. The van der Waals surface area contributed by atoms with Gasteiger partial charge in [-0.2, -0.15) is 0 Å². The van der Waals surface area contributed by atoms with Crippen LogP contribution in [0.2, 0.25) is 0 Å². The van der Waals surface area contributed by atoms with Crippen LogP contribution < -0.4 is 10.5 Å². The van der Waals surface area contributed by atoms with E-state index in [-0.39, 0.29) is 17.7 Å². The normalized spacial score (nSPS) is 13.6. The Labute approximate surface area is 122 Å². The number of furan rings is 1. The van der Waals surface area contributed by atoms with E-state index in [9.17, 15) is 8.42 Å². The average molecular weight is 314 g/mol. The summed E-state index contributed by atoms with van der Waals surface area (Å²) in [6.45, 7) is 4.04. The highest BCUT2D eigenvalue weighted by atomic mass is 32.2. The monoisotopic (exact) mass is 314 g/mol. The first-order valence-electron chi connectivity index (χ1n) is 6.27. The second kappa shape index (κ2) is 6.09. The van der Waals surface area contributed by atoms with Crippen molar-refractivity contribution in [2.24, 2.45) is 5.73 Å². The van der Waals surface area contributed by atoms with Gasteiger partial charge in [0.2, 0.25) is 5.09 Å². The molecule has 7 heteroatoms. The molecule has 0 aliphatic rings. The van der Waals surface area contributed by atoms with Crippen molar-refractivity contribution < 1.29 is 12.8 Å². The molecule has 2 rings (SSSR count). The average Bonchev–Trinajstić information content (AvgIpc) is 2.97. The second-order valence-electron chi connectivity index (χ2n) is 4.66. The lowest BCUT2D eigenvalue weighted by Crippen LogP contribution is -2.33. The highest BCUT2D eigenvalue weighted by molar-refractivity contribution is 7.89. The first-order chi connectivity index (χ1) is 9.40. The molecule has 1 unspecified atom stereocenters. The quantitative estimate of drug-likeness (QED) is 0.854. The van der Waals surface area contributed by atoms with Crippen LogP contribution >= 0.6 is 11.3 Å². The van der Waals surface area contributed by atoms with Crippen molar-refractivity contribution in [2.45, 2.75) is 37.9 Å². The molecule has 0 radical (unpaired) electrons. The molecule has 1 atom stereocenters. The number of aryl methyl sites for hydroxylation is 1. The Bertz CT molecular complexity index is 673. The molecule has 110 valence electrons. The molecule has 0 fully saturated rings. The maximum atomic E-state index is 12.1. The van der Waals surface area contributed by atoms with Gasteiger partial charge in [-0.05, 0) is 44.5 Å². The van der Waals surface area contributed by atoms with Gasteiger partial charge in [-0.1, -0.05) is 0 Å². The number of hydrogen-bond donors (Lipinski definition) is 2. The van der Waals surface area contributed by atoms with Gasteiger partial charge in [0.05, 0.1) is 6.54 Å². The standard InChI is InChI=1S/C13H18N2O3S2/c1-9(7-12-5-3-10(2)19-12)15-20(16,17)13-6-4-11(8-14)18-13/h3-6,9,15H,7-8,14H2,1-2H3. The van der Waals surface area contributed by atoms with E-state index in [1.165, 1.54) is 10.9 Å². The SMILES string of the molecule is Cc1ccc(CC(C)NS(=O)(=O)c2ccc(CN)o2)s1. The van der Waals surface area contributed by atoms with Crippen molar-refractivity contribution in [1.29, 1.82) is 0 Å². The van der Waals surface area contributed by atoms with Crippen LogP contribution in [0.5, 0.6) is 0 Å². The van der Waals surface area contributed by atoms with Crippen molar-refractivity contribution in [3.63, 3.8) is 0 Å². The van der Waals surface area contributed by atoms with E-state index in [1.54, 1.807) is 17.4 Å². The van der Waals surface area contributed by atoms with E-state index in [4.69, 9.17) is 10.2 Å². The Morgan fingerprint density at radius 3 is 2.65 bits per heavy atom. The topological polar surface area (TPSA) is 85.3 Å². The zero-order chi connectivity index (χ0) is 14.8. The predicted molar refractivity (Wildman–Crippen MR) is 79.1 cm³/mol. The van der Waals surface area contributed by atoms with Crippen LogP contribution in [-0.4, -0.2) is 14.5 Å². The van der Waals surface area contributed by atoms with E-state index in [2.05, 4.69) is 4.72 Å². The maximum Gasteiger partial charge on any atom is 0.274 e. The summed E-state index contributed by atoms with van der Waals surface area (Å²) in [6.07, 6.45) is 0.655. The fourth-order valence-electron chi connectivity index (χ4n) is 1.87. The summed E-state index contributed by atoms with van der Waals surface area (Å²) < 4.78 is 32.0. The lowest BCUT2D eigenvalue weighted by atomic mass is 10.2. The van der Waals surface area contributed by atoms with E-state index in [0.717, 1.165) is 4.88 Å². The Morgan fingerprint density at radius 2 is 2.10 bits per heavy atom. The number of rotatable bonds is 6. The van der Waals surface area contributed by atoms with Crippen LogP contribution in [0.1, 0.15) is 22.4 Å². The maximum absolute atomic E-state index is 12.1. The largest absolute Gasteiger partial charge is 0.447 e. The highest BCUT2D eigenvalue weighted by Crippen LogP contribution is 2.18. The van der Waals surface area contributed by atoms with Gasteiger partial charge < -0.3 is 10.2 Å². The van der Waals surface area contributed by atoms with E-state index in [1.807, 2.05) is 26.0 Å². The van der Waals surface area contributed by atoms with Gasteiger partial charge in [-0.15, -0.1) is 11.3 Å². The van der Waals surface area contributed by atoms with Gasteiger partial charge in [0.1, 0.15) is 5.76 Å². The molecule has 0 aromatic carbocycles. The van der Waals surface area contributed by atoms with Gasteiger partial charge in [0.25, 0.3) is 10.0 Å². The van der Waals surface area contributed by atoms with Crippen LogP contribution in [0.25, 0.3) is 0 Å². The number of nitrogens with two attached hydrogens (primary N) is 1. The van der Waals surface area contributed by atoms with Crippen molar-refractivity contribution in [2.75, 3.05) is 0 Å². The predicted octanol–water partition coefficient (Wildman–Crippen LogP) is 2.02. The summed E-state index contributed by atoms with van der Waals surface area (Å²) in [5, 5.41) is -0.0906.